The summed E-state index contributed by atoms with van der Waals surface area (Å²) in [7, 11) is 1.64. The van der Waals surface area contributed by atoms with Crippen LogP contribution in [0.5, 0.6) is 0 Å². The van der Waals surface area contributed by atoms with Crippen LogP contribution >= 0.6 is 0 Å². The Balaban J connectivity index is 1.57. The van der Waals surface area contributed by atoms with Crippen LogP contribution in [0, 0.1) is 5.82 Å². The van der Waals surface area contributed by atoms with Crippen molar-refractivity contribution in [3.8, 4) is 11.1 Å². The molecule has 3 aromatic rings. The zero-order chi connectivity index (χ0) is 18.5. The van der Waals surface area contributed by atoms with Crippen molar-refractivity contribution in [2.45, 2.75) is 0 Å². The third kappa shape index (κ3) is 3.92. The molecular formula is C18H16FN5O2. The third-order valence-electron chi connectivity index (χ3n) is 3.72. The summed E-state index contributed by atoms with van der Waals surface area (Å²) < 4.78 is 15.1. The Morgan fingerprint density at radius 1 is 1.12 bits per heavy atom. The first-order chi connectivity index (χ1) is 12.5. The molecule has 8 heteroatoms. The first kappa shape index (κ1) is 17.3. The lowest BCUT2D eigenvalue weighted by Crippen LogP contribution is -2.33. The molecule has 0 spiro atoms. The van der Waals surface area contributed by atoms with Crippen molar-refractivity contribution >= 4 is 17.5 Å². The maximum atomic E-state index is 13.7. The number of carbonyl (C=O) groups is 2. The highest BCUT2D eigenvalue weighted by Crippen LogP contribution is 2.23. The quantitative estimate of drug-likeness (QED) is 0.734. The molecule has 0 aliphatic rings. The molecule has 2 aromatic heterocycles. The van der Waals surface area contributed by atoms with Gasteiger partial charge in [-0.05, 0) is 29.8 Å². The van der Waals surface area contributed by atoms with Crippen molar-refractivity contribution in [2.75, 3.05) is 11.9 Å². The molecule has 0 unspecified atom stereocenters. The van der Waals surface area contributed by atoms with Gasteiger partial charge in [-0.25, -0.2) is 4.39 Å². The van der Waals surface area contributed by atoms with Gasteiger partial charge in [-0.1, -0.05) is 12.1 Å². The fourth-order valence-electron chi connectivity index (χ4n) is 2.40. The maximum absolute atomic E-state index is 13.7. The van der Waals surface area contributed by atoms with Gasteiger partial charge in [0, 0.05) is 30.7 Å². The number of nitrogens with one attached hydrogen (secondary N) is 2. The molecule has 0 atom stereocenters. The summed E-state index contributed by atoms with van der Waals surface area (Å²) in [6, 6.07) is 9.86. The van der Waals surface area contributed by atoms with Crippen LogP contribution in [0.1, 0.15) is 10.5 Å². The van der Waals surface area contributed by atoms with E-state index in [1.54, 1.807) is 43.4 Å². The maximum Gasteiger partial charge on any atom is 0.269 e. The molecule has 26 heavy (non-hydrogen) atoms. The molecule has 3 rings (SSSR count). The second-order valence-electron chi connectivity index (χ2n) is 5.50. The third-order valence-corrected chi connectivity index (χ3v) is 3.72. The average molecular weight is 353 g/mol. The minimum atomic E-state index is -0.415. The first-order valence-electron chi connectivity index (χ1n) is 7.80. The summed E-state index contributed by atoms with van der Waals surface area (Å²) in [6.45, 7) is -0.176. The van der Waals surface area contributed by atoms with Gasteiger partial charge in [0.25, 0.3) is 5.91 Å². The van der Waals surface area contributed by atoms with E-state index in [2.05, 4.69) is 20.7 Å². The molecule has 132 valence electrons. The fourth-order valence-corrected chi connectivity index (χ4v) is 2.40. The topological polar surface area (TPSA) is 88.9 Å². The number of carbonyl (C=O) groups excluding carboxylic acids is 2. The second-order valence-corrected chi connectivity index (χ2v) is 5.50. The van der Waals surface area contributed by atoms with Gasteiger partial charge in [0.05, 0.1) is 12.7 Å². The summed E-state index contributed by atoms with van der Waals surface area (Å²) >= 11 is 0. The number of hydrogen-bond acceptors (Lipinski definition) is 4. The van der Waals surface area contributed by atoms with Crippen molar-refractivity contribution in [3.05, 3.63) is 66.5 Å². The number of halogens is 1. The van der Waals surface area contributed by atoms with E-state index in [0.717, 1.165) is 6.20 Å². The molecule has 2 heterocycles. The Morgan fingerprint density at radius 3 is 2.54 bits per heavy atom. The lowest BCUT2D eigenvalue weighted by molar-refractivity contribution is -0.115. The Labute approximate surface area is 148 Å². The number of amides is 2. The summed E-state index contributed by atoms with van der Waals surface area (Å²) in [6.07, 6.45) is 4.16. The van der Waals surface area contributed by atoms with Crippen LogP contribution in [-0.2, 0) is 11.8 Å². The Morgan fingerprint density at radius 2 is 1.88 bits per heavy atom. The van der Waals surface area contributed by atoms with Gasteiger partial charge in [-0.2, -0.15) is 5.10 Å². The van der Waals surface area contributed by atoms with Crippen LogP contribution in [0.2, 0.25) is 0 Å². The number of aromatic nitrogens is 3. The van der Waals surface area contributed by atoms with E-state index in [-0.39, 0.29) is 18.4 Å². The standard InChI is InChI=1S/C18H16FN5O2/c1-24-16(7-9-22-24)18(26)21-11-17(25)23-13-4-2-12(3-5-13)14-6-8-20-10-15(14)19/h2-10H,11H2,1H3,(H,21,26)(H,23,25). The van der Waals surface area contributed by atoms with Crippen molar-refractivity contribution in [2.24, 2.45) is 7.05 Å². The molecule has 0 aliphatic carbocycles. The summed E-state index contributed by atoms with van der Waals surface area (Å²) in [5.41, 5.74) is 2.01. The van der Waals surface area contributed by atoms with Crippen molar-refractivity contribution in [1.29, 1.82) is 0 Å². The van der Waals surface area contributed by atoms with E-state index < -0.39 is 5.82 Å². The first-order valence-corrected chi connectivity index (χ1v) is 7.80. The predicted octanol–water partition coefficient (Wildman–Crippen LogP) is 1.99. The van der Waals surface area contributed by atoms with E-state index in [1.165, 1.54) is 17.1 Å². The molecule has 0 saturated carbocycles. The zero-order valence-electron chi connectivity index (χ0n) is 13.9. The van der Waals surface area contributed by atoms with E-state index >= 15 is 0 Å². The highest BCUT2D eigenvalue weighted by atomic mass is 19.1. The number of hydrogen-bond donors (Lipinski definition) is 2. The second kappa shape index (κ2) is 7.56. The molecular weight excluding hydrogens is 337 g/mol. The predicted molar refractivity (Wildman–Crippen MR) is 93.8 cm³/mol. The number of benzene rings is 1. The molecule has 7 nitrogen and oxygen atoms in total. The van der Waals surface area contributed by atoms with Gasteiger partial charge in [-0.3, -0.25) is 19.3 Å². The van der Waals surface area contributed by atoms with Crippen molar-refractivity contribution < 1.29 is 14.0 Å². The van der Waals surface area contributed by atoms with Gasteiger partial charge in [0.15, 0.2) is 0 Å². The van der Waals surface area contributed by atoms with Crippen molar-refractivity contribution in [3.63, 3.8) is 0 Å². The molecule has 2 amide bonds. The lowest BCUT2D eigenvalue weighted by atomic mass is 10.1. The normalized spacial score (nSPS) is 10.4. The monoisotopic (exact) mass is 353 g/mol. The van der Waals surface area contributed by atoms with Crippen molar-refractivity contribution in [1.82, 2.24) is 20.1 Å². The van der Waals surface area contributed by atoms with Crippen LogP contribution in [-0.4, -0.2) is 33.1 Å². The number of nitrogens with zero attached hydrogens (tertiary/aromatic N) is 3. The Hall–Kier alpha value is -3.55. The zero-order valence-corrected chi connectivity index (χ0v) is 13.9. The number of anilines is 1. The number of aryl methyl sites for hydroxylation is 1. The van der Waals surface area contributed by atoms with Gasteiger partial charge >= 0.3 is 0 Å². The van der Waals surface area contributed by atoms with E-state index in [9.17, 15) is 14.0 Å². The van der Waals surface area contributed by atoms with Crippen LogP contribution < -0.4 is 10.6 Å². The van der Waals surface area contributed by atoms with Crippen LogP contribution in [0.4, 0.5) is 10.1 Å². The van der Waals surface area contributed by atoms with Gasteiger partial charge in [0.2, 0.25) is 5.91 Å². The minimum Gasteiger partial charge on any atom is -0.342 e. The molecule has 0 fully saturated rings. The summed E-state index contributed by atoms with van der Waals surface area (Å²) in [4.78, 5) is 27.6. The molecule has 0 saturated heterocycles. The van der Waals surface area contributed by atoms with Crippen LogP contribution in [0.25, 0.3) is 11.1 Å². The fraction of sp³-hybridized carbons (Fsp3) is 0.111. The smallest absolute Gasteiger partial charge is 0.269 e. The number of rotatable bonds is 5. The summed E-state index contributed by atoms with van der Waals surface area (Å²) in [5, 5.41) is 9.09. The van der Waals surface area contributed by atoms with E-state index in [0.29, 0.717) is 22.5 Å². The summed E-state index contributed by atoms with van der Waals surface area (Å²) in [5.74, 6) is -1.17. The highest BCUT2D eigenvalue weighted by molar-refractivity contribution is 5.98. The van der Waals surface area contributed by atoms with Crippen LogP contribution in [0.15, 0.2) is 55.0 Å². The molecule has 0 bridgehead atoms. The Bertz CT molecular complexity index is 937. The van der Waals surface area contributed by atoms with Gasteiger partial charge in [0.1, 0.15) is 11.5 Å². The largest absolute Gasteiger partial charge is 0.342 e. The van der Waals surface area contributed by atoms with Gasteiger partial charge in [-0.15, -0.1) is 0 Å². The van der Waals surface area contributed by atoms with Crippen LogP contribution in [0.3, 0.4) is 0 Å². The van der Waals surface area contributed by atoms with E-state index in [4.69, 9.17) is 0 Å². The molecule has 1 aromatic carbocycles. The minimum absolute atomic E-state index is 0.176. The van der Waals surface area contributed by atoms with E-state index in [1.807, 2.05) is 0 Å². The molecule has 0 aliphatic heterocycles. The Kier molecular flexibility index (Phi) is 5.02. The molecule has 0 radical (unpaired) electrons. The molecule has 2 N–H and O–H groups in total. The number of pyridine rings is 1. The average Bonchev–Trinajstić information content (AvgIpc) is 3.07. The highest BCUT2D eigenvalue weighted by Gasteiger charge is 2.11. The lowest BCUT2D eigenvalue weighted by Gasteiger charge is -2.08. The SMILES string of the molecule is Cn1nccc1C(=O)NCC(=O)Nc1ccc(-c2ccncc2F)cc1. The van der Waals surface area contributed by atoms with Gasteiger partial charge < -0.3 is 10.6 Å².